The average molecular weight is 433 g/mol. The third-order valence-corrected chi connectivity index (χ3v) is 4.46. The predicted octanol–water partition coefficient (Wildman–Crippen LogP) is 4.62. The summed E-state index contributed by atoms with van der Waals surface area (Å²) >= 11 is 3.32. The number of nitrogens with zero attached hydrogens (tertiary/aromatic N) is 1. The predicted molar refractivity (Wildman–Crippen MR) is 106 cm³/mol. The number of aromatic amines is 1. The van der Waals surface area contributed by atoms with Crippen molar-refractivity contribution in [1.82, 2.24) is 15.3 Å². The molecule has 2 aromatic heterocycles. The van der Waals surface area contributed by atoms with Crippen molar-refractivity contribution in [1.29, 1.82) is 0 Å². The molecule has 0 atom stereocenters. The summed E-state index contributed by atoms with van der Waals surface area (Å²) in [5.41, 5.74) is 1.06. The van der Waals surface area contributed by atoms with Crippen LogP contribution in [-0.4, -0.2) is 28.3 Å². The number of aromatic nitrogens is 2. The van der Waals surface area contributed by atoms with Crippen molar-refractivity contribution >= 4 is 44.5 Å². The number of carbonyl (C=O) groups excluding carboxylic acids is 2. The molecule has 8 heteroatoms. The molecule has 140 valence electrons. The standard InChI is InChI=1S/C19H18BrFN4O2/c1-2-3-6-22-19(27)25-12-4-5-16(21)14(8-12)17(26)15-10-24-18-13(15)7-11(20)9-23-18/h4-5,7-10H,2-3,6H2,1H3,(H,23,24)(H2,22,25,27). The van der Waals surface area contributed by atoms with Gasteiger partial charge in [0.1, 0.15) is 11.5 Å². The lowest BCUT2D eigenvalue weighted by Crippen LogP contribution is -2.29. The highest BCUT2D eigenvalue weighted by Crippen LogP contribution is 2.25. The fourth-order valence-electron chi connectivity index (χ4n) is 2.64. The minimum absolute atomic E-state index is 0.123. The van der Waals surface area contributed by atoms with Crippen molar-refractivity contribution in [3.63, 3.8) is 0 Å². The molecule has 27 heavy (non-hydrogen) atoms. The highest BCUT2D eigenvalue weighted by Gasteiger charge is 2.19. The summed E-state index contributed by atoms with van der Waals surface area (Å²) in [6.45, 7) is 2.57. The zero-order chi connectivity index (χ0) is 19.4. The van der Waals surface area contributed by atoms with Gasteiger partial charge in [0, 0.05) is 40.0 Å². The molecular formula is C19H18BrFN4O2. The lowest BCUT2D eigenvalue weighted by Gasteiger charge is -2.09. The number of rotatable bonds is 6. The first-order valence-corrected chi connectivity index (χ1v) is 9.30. The minimum atomic E-state index is -0.658. The van der Waals surface area contributed by atoms with Gasteiger partial charge in [-0.1, -0.05) is 13.3 Å². The first kappa shape index (κ1) is 19.0. The van der Waals surface area contributed by atoms with Crippen molar-refractivity contribution in [3.05, 3.63) is 58.1 Å². The maximum absolute atomic E-state index is 14.3. The molecule has 2 heterocycles. The normalized spacial score (nSPS) is 10.8. The second-order valence-corrected chi connectivity index (χ2v) is 6.93. The molecule has 0 radical (unpaired) electrons. The average Bonchev–Trinajstić information content (AvgIpc) is 3.06. The molecule has 0 spiro atoms. The van der Waals surface area contributed by atoms with Crippen LogP contribution in [0.1, 0.15) is 35.7 Å². The van der Waals surface area contributed by atoms with Crippen LogP contribution < -0.4 is 10.6 Å². The number of anilines is 1. The minimum Gasteiger partial charge on any atom is -0.345 e. The maximum Gasteiger partial charge on any atom is 0.319 e. The van der Waals surface area contributed by atoms with Gasteiger partial charge in [0.2, 0.25) is 0 Å². The molecular weight excluding hydrogens is 415 g/mol. The number of fused-ring (bicyclic) bond motifs is 1. The van der Waals surface area contributed by atoms with E-state index in [0.717, 1.165) is 18.9 Å². The lowest BCUT2D eigenvalue weighted by molar-refractivity contribution is 0.103. The molecule has 0 aliphatic rings. The van der Waals surface area contributed by atoms with E-state index in [0.29, 0.717) is 33.3 Å². The molecule has 0 saturated heterocycles. The Morgan fingerprint density at radius 1 is 1.26 bits per heavy atom. The summed E-state index contributed by atoms with van der Waals surface area (Å²) in [5.74, 6) is -1.15. The maximum atomic E-state index is 14.3. The number of amides is 2. The van der Waals surface area contributed by atoms with Crippen molar-refractivity contribution < 1.29 is 14.0 Å². The van der Waals surface area contributed by atoms with Crippen LogP contribution in [0.15, 0.2) is 41.1 Å². The summed E-state index contributed by atoms with van der Waals surface area (Å²) in [6, 6.07) is 5.26. The molecule has 0 aliphatic carbocycles. The molecule has 0 unspecified atom stereocenters. The number of urea groups is 1. The van der Waals surface area contributed by atoms with E-state index in [9.17, 15) is 14.0 Å². The smallest absolute Gasteiger partial charge is 0.319 e. The first-order valence-electron chi connectivity index (χ1n) is 8.51. The Balaban J connectivity index is 1.86. The highest BCUT2D eigenvalue weighted by molar-refractivity contribution is 9.10. The van der Waals surface area contributed by atoms with E-state index in [1.54, 1.807) is 12.3 Å². The van der Waals surface area contributed by atoms with Crippen LogP contribution >= 0.6 is 15.9 Å². The number of benzene rings is 1. The van der Waals surface area contributed by atoms with Gasteiger partial charge >= 0.3 is 6.03 Å². The summed E-state index contributed by atoms with van der Waals surface area (Å²) < 4.78 is 15.0. The molecule has 1 aromatic carbocycles. The Morgan fingerprint density at radius 3 is 2.85 bits per heavy atom. The summed E-state index contributed by atoms with van der Waals surface area (Å²) in [5, 5.41) is 5.91. The lowest BCUT2D eigenvalue weighted by atomic mass is 10.0. The van der Waals surface area contributed by atoms with Gasteiger partial charge in [-0.05, 0) is 46.6 Å². The third kappa shape index (κ3) is 4.33. The molecule has 3 rings (SSSR count). The number of carbonyl (C=O) groups is 2. The highest BCUT2D eigenvalue weighted by atomic mass is 79.9. The van der Waals surface area contributed by atoms with Crippen molar-refractivity contribution in [2.45, 2.75) is 19.8 Å². The second kappa shape index (κ2) is 8.30. The summed E-state index contributed by atoms with van der Waals surface area (Å²) in [6.07, 6.45) is 4.94. The van der Waals surface area contributed by atoms with Gasteiger partial charge in [0.05, 0.1) is 5.56 Å². The summed E-state index contributed by atoms with van der Waals surface area (Å²) in [7, 11) is 0. The zero-order valence-electron chi connectivity index (χ0n) is 14.6. The molecule has 0 aliphatic heterocycles. The molecule has 2 amide bonds. The topological polar surface area (TPSA) is 86.9 Å². The van der Waals surface area contributed by atoms with Crippen LogP contribution in [0.5, 0.6) is 0 Å². The Kier molecular flexibility index (Phi) is 5.85. The van der Waals surface area contributed by atoms with Gasteiger partial charge in [0.25, 0.3) is 0 Å². The number of ketones is 1. The molecule has 6 nitrogen and oxygen atoms in total. The first-order chi connectivity index (χ1) is 13.0. The van der Waals surface area contributed by atoms with E-state index in [1.807, 2.05) is 6.92 Å². The van der Waals surface area contributed by atoms with Crippen LogP contribution in [-0.2, 0) is 0 Å². The molecule has 0 fully saturated rings. The second-order valence-electron chi connectivity index (χ2n) is 6.01. The number of hydrogen-bond acceptors (Lipinski definition) is 3. The Morgan fingerprint density at radius 2 is 2.07 bits per heavy atom. The van der Waals surface area contributed by atoms with E-state index < -0.39 is 17.6 Å². The van der Waals surface area contributed by atoms with Gasteiger partial charge in [-0.2, -0.15) is 0 Å². The van der Waals surface area contributed by atoms with E-state index in [4.69, 9.17) is 0 Å². The fourth-order valence-corrected chi connectivity index (χ4v) is 2.97. The Hall–Kier alpha value is -2.74. The number of unbranched alkanes of at least 4 members (excludes halogenated alkanes) is 1. The monoisotopic (exact) mass is 432 g/mol. The van der Waals surface area contributed by atoms with Crippen molar-refractivity contribution in [2.75, 3.05) is 11.9 Å². The van der Waals surface area contributed by atoms with Gasteiger partial charge in [0.15, 0.2) is 5.78 Å². The van der Waals surface area contributed by atoms with Crippen LogP contribution in [0, 0.1) is 5.82 Å². The van der Waals surface area contributed by atoms with E-state index in [2.05, 4.69) is 36.5 Å². The molecule has 3 N–H and O–H groups in total. The van der Waals surface area contributed by atoms with Crippen LogP contribution in [0.25, 0.3) is 11.0 Å². The van der Waals surface area contributed by atoms with Gasteiger partial charge in [-0.25, -0.2) is 14.2 Å². The van der Waals surface area contributed by atoms with Crippen molar-refractivity contribution in [2.24, 2.45) is 0 Å². The third-order valence-electron chi connectivity index (χ3n) is 4.03. The van der Waals surface area contributed by atoms with E-state index >= 15 is 0 Å². The number of nitrogens with one attached hydrogen (secondary N) is 3. The number of pyridine rings is 1. The molecule has 3 aromatic rings. The van der Waals surface area contributed by atoms with Crippen LogP contribution in [0.2, 0.25) is 0 Å². The molecule has 0 saturated carbocycles. The van der Waals surface area contributed by atoms with Crippen LogP contribution in [0.4, 0.5) is 14.9 Å². The van der Waals surface area contributed by atoms with Gasteiger partial charge in [-0.15, -0.1) is 0 Å². The van der Waals surface area contributed by atoms with Crippen molar-refractivity contribution in [3.8, 4) is 0 Å². The van der Waals surface area contributed by atoms with E-state index in [1.165, 1.54) is 18.3 Å². The van der Waals surface area contributed by atoms with E-state index in [-0.39, 0.29) is 5.56 Å². The zero-order valence-corrected chi connectivity index (χ0v) is 16.2. The SMILES string of the molecule is CCCCNC(=O)Nc1ccc(F)c(C(=O)c2c[nH]c3ncc(Br)cc23)c1. The van der Waals surface area contributed by atoms with Gasteiger partial charge in [-0.3, -0.25) is 4.79 Å². The Labute approximate surface area is 163 Å². The van der Waals surface area contributed by atoms with Gasteiger partial charge < -0.3 is 15.6 Å². The summed E-state index contributed by atoms with van der Waals surface area (Å²) in [4.78, 5) is 31.8. The quantitative estimate of drug-likeness (QED) is 0.392. The number of halogens is 2. The fraction of sp³-hybridized carbons (Fsp3) is 0.211. The number of hydrogen-bond donors (Lipinski definition) is 3. The molecule has 0 bridgehead atoms. The largest absolute Gasteiger partial charge is 0.345 e. The van der Waals surface area contributed by atoms with Crippen LogP contribution in [0.3, 0.4) is 0 Å². The Bertz CT molecular complexity index is 1000. The number of H-pyrrole nitrogens is 1.